The fraction of sp³-hybridized carbons (Fsp3) is 0.360. The number of nitrogens with one attached hydrogen (secondary N) is 1. The minimum atomic E-state index is -1.84. The van der Waals surface area contributed by atoms with Crippen LogP contribution in [0.15, 0.2) is 36.4 Å². The molecule has 37 heavy (non-hydrogen) atoms. The summed E-state index contributed by atoms with van der Waals surface area (Å²) in [6.45, 7) is 1.51. The zero-order chi connectivity index (χ0) is 26.3. The van der Waals surface area contributed by atoms with Gasteiger partial charge in [-0.25, -0.2) is 0 Å². The first-order chi connectivity index (χ1) is 17.6. The standard InChI is InChI=1S/C25H22B3N3O6/c26-18-10-14(11-30-8-9-36-13-22(30)33)4-5-17(18)25(27,28)37-20-3-1-2-15-16(20)12-31(24(15)35)19-6-7-21(32)29-23(19)34/h1-5,10,19H,6-9,11-13H2,(H,29,32,34). The van der Waals surface area contributed by atoms with Gasteiger partial charge in [0.1, 0.15) is 41.9 Å². The van der Waals surface area contributed by atoms with Crippen LogP contribution in [-0.4, -0.2) is 82.8 Å². The van der Waals surface area contributed by atoms with E-state index < -0.39 is 17.3 Å². The van der Waals surface area contributed by atoms with Gasteiger partial charge in [-0.2, -0.15) is 0 Å². The Balaban J connectivity index is 1.34. The van der Waals surface area contributed by atoms with Gasteiger partial charge in [-0.1, -0.05) is 29.7 Å². The molecular formula is C25H22B3N3O6. The molecule has 2 aromatic carbocycles. The number of carbonyl (C=O) groups is 4. The Morgan fingerprint density at radius 3 is 2.68 bits per heavy atom. The quantitative estimate of drug-likeness (QED) is 0.415. The van der Waals surface area contributed by atoms with E-state index in [0.717, 1.165) is 5.56 Å². The van der Waals surface area contributed by atoms with Crippen LogP contribution < -0.4 is 15.5 Å². The molecule has 3 aliphatic rings. The zero-order valence-corrected chi connectivity index (χ0v) is 20.1. The topological polar surface area (TPSA) is 105 Å². The molecule has 182 valence electrons. The average molecular weight is 493 g/mol. The van der Waals surface area contributed by atoms with Crippen molar-refractivity contribution in [3.8, 4) is 5.75 Å². The lowest BCUT2D eigenvalue weighted by atomic mass is 9.58. The first kappa shape index (κ1) is 25.1. The lowest BCUT2D eigenvalue weighted by Gasteiger charge is -2.32. The smallest absolute Gasteiger partial charge is 0.255 e. The molecule has 12 heteroatoms. The van der Waals surface area contributed by atoms with Gasteiger partial charge in [0, 0.05) is 36.0 Å². The van der Waals surface area contributed by atoms with Crippen molar-refractivity contribution in [2.75, 3.05) is 19.8 Å². The zero-order valence-electron chi connectivity index (χ0n) is 20.1. The molecule has 2 aromatic rings. The van der Waals surface area contributed by atoms with E-state index in [2.05, 4.69) is 5.32 Å². The van der Waals surface area contributed by atoms with Gasteiger partial charge >= 0.3 is 0 Å². The highest BCUT2D eigenvalue weighted by molar-refractivity contribution is 6.42. The van der Waals surface area contributed by atoms with Crippen molar-refractivity contribution >= 4 is 52.6 Å². The van der Waals surface area contributed by atoms with Gasteiger partial charge in [0.25, 0.3) is 5.91 Å². The van der Waals surface area contributed by atoms with E-state index in [1.54, 1.807) is 41.3 Å². The van der Waals surface area contributed by atoms with Crippen molar-refractivity contribution in [3.05, 3.63) is 58.7 Å². The molecule has 1 atom stereocenters. The van der Waals surface area contributed by atoms with Crippen LogP contribution >= 0.6 is 0 Å². The molecular weight excluding hydrogens is 471 g/mol. The number of fused-ring (bicyclic) bond motifs is 1. The van der Waals surface area contributed by atoms with Crippen LogP contribution in [-0.2, 0) is 37.6 Å². The monoisotopic (exact) mass is 493 g/mol. The number of imide groups is 1. The van der Waals surface area contributed by atoms with Crippen LogP contribution in [0.25, 0.3) is 0 Å². The van der Waals surface area contributed by atoms with Gasteiger partial charge in [-0.05, 0) is 29.7 Å². The van der Waals surface area contributed by atoms with E-state index >= 15 is 0 Å². The molecule has 0 saturated carbocycles. The number of rotatable bonds is 6. The fourth-order valence-corrected chi connectivity index (χ4v) is 4.89. The summed E-state index contributed by atoms with van der Waals surface area (Å²) in [7, 11) is 19.0. The van der Waals surface area contributed by atoms with E-state index in [-0.39, 0.29) is 54.9 Å². The summed E-state index contributed by atoms with van der Waals surface area (Å²) in [5.41, 5.74) is 2.33. The summed E-state index contributed by atoms with van der Waals surface area (Å²) in [4.78, 5) is 52.1. The Kier molecular flexibility index (Phi) is 6.62. The average Bonchev–Trinajstić information content (AvgIpc) is 3.17. The maximum absolute atomic E-state index is 13.1. The van der Waals surface area contributed by atoms with Crippen molar-refractivity contribution in [2.45, 2.75) is 37.4 Å². The Hall–Kier alpha value is -3.53. The van der Waals surface area contributed by atoms with Gasteiger partial charge in [0.05, 0.1) is 13.2 Å². The highest BCUT2D eigenvalue weighted by atomic mass is 16.5. The Morgan fingerprint density at radius 2 is 1.95 bits per heavy atom. The molecule has 0 aromatic heterocycles. The number of ether oxygens (including phenoxy) is 2. The third kappa shape index (κ3) is 4.90. The molecule has 9 nitrogen and oxygen atoms in total. The van der Waals surface area contributed by atoms with E-state index in [1.165, 1.54) is 4.90 Å². The summed E-state index contributed by atoms with van der Waals surface area (Å²) >= 11 is 0. The predicted molar refractivity (Wildman–Crippen MR) is 134 cm³/mol. The van der Waals surface area contributed by atoms with Crippen molar-refractivity contribution in [2.24, 2.45) is 0 Å². The van der Waals surface area contributed by atoms with Crippen molar-refractivity contribution in [3.63, 3.8) is 0 Å². The van der Waals surface area contributed by atoms with Crippen LogP contribution in [0.4, 0.5) is 0 Å². The first-order valence-electron chi connectivity index (χ1n) is 11.9. The third-order valence-electron chi connectivity index (χ3n) is 6.81. The third-order valence-corrected chi connectivity index (χ3v) is 6.81. The van der Waals surface area contributed by atoms with Crippen LogP contribution in [0.5, 0.6) is 5.75 Å². The molecule has 0 aliphatic carbocycles. The van der Waals surface area contributed by atoms with Crippen molar-refractivity contribution < 1.29 is 28.7 Å². The number of morpholine rings is 1. The summed E-state index contributed by atoms with van der Waals surface area (Å²) in [5.74, 6) is -1.00. The molecule has 5 rings (SSSR count). The summed E-state index contributed by atoms with van der Waals surface area (Å²) < 4.78 is 11.2. The molecule has 0 bridgehead atoms. The number of carbonyl (C=O) groups excluding carboxylic acids is 4. The van der Waals surface area contributed by atoms with Gasteiger partial charge in [-0.3, -0.25) is 24.5 Å². The van der Waals surface area contributed by atoms with Crippen LogP contribution in [0, 0.1) is 0 Å². The Morgan fingerprint density at radius 1 is 1.14 bits per heavy atom. The lowest BCUT2D eigenvalue weighted by molar-refractivity contribution is -0.143. The molecule has 4 amide bonds. The lowest BCUT2D eigenvalue weighted by Crippen LogP contribution is -2.52. The first-order valence-corrected chi connectivity index (χ1v) is 11.9. The van der Waals surface area contributed by atoms with E-state index in [9.17, 15) is 19.2 Å². The molecule has 3 aliphatic heterocycles. The molecule has 1 unspecified atom stereocenters. The number of hydrogen-bond acceptors (Lipinski definition) is 6. The van der Waals surface area contributed by atoms with Gasteiger partial charge in [0.2, 0.25) is 17.7 Å². The minimum Gasteiger partial charge on any atom is -0.502 e. The second-order valence-corrected chi connectivity index (χ2v) is 9.37. The fourth-order valence-electron chi connectivity index (χ4n) is 4.89. The largest absolute Gasteiger partial charge is 0.502 e. The van der Waals surface area contributed by atoms with Crippen LogP contribution in [0.2, 0.25) is 0 Å². The van der Waals surface area contributed by atoms with Gasteiger partial charge in [0.15, 0.2) is 0 Å². The van der Waals surface area contributed by atoms with Crippen LogP contribution in [0.3, 0.4) is 0 Å². The van der Waals surface area contributed by atoms with Crippen molar-refractivity contribution in [1.82, 2.24) is 15.1 Å². The number of hydrogen-bond donors (Lipinski definition) is 1. The SMILES string of the molecule is [B]c1cc(CN2CCOCC2=O)ccc1C([B])([B])Oc1cccc2c1CN(C1CCC(=O)NC1=O)C2=O. The Labute approximate surface area is 218 Å². The van der Waals surface area contributed by atoms with Crippen LogP contribution in [0.1, 0.15) is 39.9 Å². The maximum Gasteiger partial charge on any atom is 0.255 e. The summed E-state index contributed by atoms with van der Waals surface area (Å²) in [6, 6.07) is 9.29. The molecule has 1 N–H and O–H groups in total. The van der Waals surface area contributed by atoms with E-state index in [4.69, 9.17) is 33.0 Å². The minimum absolute atomic E-state index is 0.0565. The second kappa shape index (κ2) is 9.74. The maximum atomic E-state index is 13.1. The number of piperidine rings is 1. The van der Waals surface area contributed by atoms with E-state index in [0.29, 0.717) is 36.4 Å². The highest BCUT2D eigenvalue weighted by Gasteiger charge is 2.40. The summed E-state index contributed by atoms with van der Waals surface area (Å²) in [6.07, 6.45) is 0.404. The summed E-state index contributed by atoms with van der Waals surface area (Å²) in [5, 5.41) is 0.446. The molecule has 2 fully saturated rings. The normalized spacial score (nSPS) is 20.2. The van der Waals surface area contributed by atoms with Gasteiger partial charge in [-0.15, -0.1) is 0 Å². The van der Waals surface area contributed by atoms with E-state index in [1.807, 2.05) is 0 Å². The molecule has 0 spiro atoms. The van der Waals surface area contributed by atoms with Gasteiger partial charge < -0.3 is 19.3 Å². The molecule has 6 radical (unpaired) electrons. The number of nitrogens with zero attached hydrogens (tertiary/aromatic N) is 2. The highest BCUT2D eigenvalue weighted by Crippen LogP contribution is 2.35. The second-order valence-electron chi connectivity index (χ2n) is 9.37. The number of amides is 4. The van der Waals surface area contributed by atoms with Crippen molar-refractivity contribution in [1.29, 1.82) is 0 Å². The predicted octanol–water partition coefficient (Wildman–Crippen LogP) is -0.873. The molecule has 3 heterocycles. The Bertz CT molecular complexity index is 1300. The number of benzene rings is 2. The molecule has 2 saturated heterocycles.